The molecule has 2 aliphatic heterocycles. The van der Waals surface area contributed by atoms with E-state index >= 15 is 0 Å². The minimum atomic E-state index is -0.931. The predicted octanol–water partition coefficient (Wildman–Crippen LogP) is 2.72. The Bertz CT molecular complexity index is 1070. The van der Waals surface area contributed by atoms with Crippen molar-refractivity contribution in [1.82, 2.24) is 14.7 Å². The average molecular weight is 463 g/mol. The Morgan fingerprint density at radius 2 is 1.44 bits per heavy atom. The van der Waals surface area contributed by atoms with Crippen molar-refractivity contribution in [3.63, 3.8) is 0 Å². The van der Waals surface area contributed by atoms with Gasteiger partial charge >= 0.3 is 0 Å². The average Bonchev–Trinajstić information content (AvgIpc) is 3.08. The van der Waals surface area contributed by atoms with Crippen LogP contribution in [0.25, 0.3) is 0 Å². The molecule has 0 spiro atoms. The van der Waals surface area contributed by atoms with E-state index in [1.54, 1.807) is 48.5 Å². The number of amides is 4. The Balaban J connectivity index is 1.48. The maximum atomic E-state index is 13.2. The van der Waals surface area contributed by atoms with Gasteiger partial charge in [0.25, 0.3) is 17.7 Å². The molecule has 0 radical (unpaired) electrons. The number of nitrogens with one attached hydrogen (secondary N) is 1. The van der Waals surface area contributed by atoms with E-state index in [1.807, 2.05) is 25.8 Å². The van der Waals surface area contributed by atoms with E-state index in [0.29, 0.717) is 41.9 Å². The predicted molar refractivity (Wildman–Crippen MR) is 129 cm³/mol. The van der Waals surface area contributed by atoms with Crippen molar-refractivity contribution in [2.45, 2.75) is 26.3 Å². The molecule has 1 fully saturated rings. The summed E-state index contributed by atoms with van der Waals surface area (Å²) >= 11 is 0. The highest BCUT2D eigenvalue weighted by atomic mass is 16.2. The summed E-state index contributed by atoms with van der Waals surface area (Å²) in [4.78, 5) is 57.0. The van der Waals surface area contributed by atoms with Gasteiger partial charge in [-0.3, -0.25) is 24.1 Å². The molecule has 4 rings (SSSR count). The van der Waals surface area contributed by atoms with Gasteiger partial charge in [-0.25, -0.2) is 0 Å². The van der Waals surface area contributed by atoms with Gasteiger partial charge in [0, 0.05) is 37.4 Å². The van der Waals surface area contributed by atoms with Crippen LogP contribution in [0.4, 0.5) is 5.69 Å². The van der Waals surface area contributed by atoms with Gasteiger partial charge in [-0.15, -0.1) is 0 Å². The van der Waals surface area contributed by atoms with Crippen molar-refractivity contribution in [2.75, 3.05) is 38.5 Å². The molecule has 1 unspecified atom stereocenters. The molecule has 2 aromatic rings. The third kappa shape index (κ3) is 4.72. The van der Waals surface area contributed by atoms with Gasteiger partial charge in [-0.1, -0.05) is 26.0 Å². The first-order valence-corrected chi connectivity index (χ1v) is 11.6. The van der Waals surface area contributed by atoms with Crippen LogP contribution >= 0.6 is 0 Å². The molecular formula is C26H30N4O4. The lowest BCUT2D eigenvalue weighted by Crippen LogP contribution is -2.48. The molecule has 0 bridgehead atoms. The molecule has 4 amide bonds. The van der Waals surface area contributed by atoms with Crippen LogP contribution in [-0.2, 0) is 4.79 Å². The standard InChI is InChI=1S/C26H30N4O4/c1-17(2)16-22(30-25(33)20-6-4-5-7-21(20)26(30)34)23(31)27-19-10-8-18(9-11-19)24(32)29-14-12-28(3)13-15-29/h4-11,17,22H,12-16H2,1-3H3,(H,27,31). The monoisotopic (exact) mass is 462 g/mol. The molecule has 178 valence electrons. The Hall–Kier alpha value is -3.52. The molecule has 2 aromatic carbocycles. The number of piperazine rings is 1. The highest BCUT2D eigenvalue weighted by Gasteiger charge is 2.42. The maximum Gasteiger partial charge on any atom is 0.262 e. The summed E-state index contributed by atoms with van der Waals surface area (Å²) in [6.45, 7) is 6.94. The molecule has 2 heterocycles. The fourth-order valence-corrected chi connectivity index (χ4v) is 4.38. The Kier molecular flexibility index (Phi) is 6.79. The number of rotatable bonds is 6. The van der Waals surface area contributed by atoms with Crippen molar-refractivity contribution in [3.05, 3.63) is 65.2 Å². The minimum Gasteiger partial charge on any atom is -0.336 e. The zero-order chi connectivity index (χ0) is 24.4. The molecule has 0 aromatic heterocycles. The lowest BCUT2D eigenvalue weighted by molar-refractivity contribution is -0.120. The van der Waals surface area contributed by atoms with Crippen LogP contribution in [0.15, 0.2) is 48.5 Å². The largest absolute Gasteiger partial charge is 0.336 e. The van der Waals surface area contributed by atoms with Gasteiger partial charge in [0.1, 0.15) is 6.04 Å². The summed E-state index contributed by atoms with van der Waals surface area (Å²) < 4.78 is 0. The number of carbonyl (C=O) groups excluding carboxylic acids is 4. The highest BCUT2D eigenvalue weighted by Crippen LogP contribution is 2.27. The molecule has 1 saturated heterocycles. The molecule has 2 aliphatic rings. The normalized spacial score (nSPS) is 17.2. The highest BCUT2D eigenvalue weighted by molar-refractivity contribution is 6.23. The van der Waals surface area contributed by atoms with Gasteiger partial charge in [0.2, 0.25) is 5.91 Å². The molecule has 1 N–H and O–H groups in total. The number of imide groups is 1. The van der Waals surface area contributed by atoms with Crippen LogP contribution in [0, 0.1) is 5.92 Å². The summed E-state index contributed by atoms with van der Waals surface area (Å²) in [5, 5.41) is 2.83. The van der Waals surface area contributed by atoms with Crippen LogP contribution < -0.4 is 5.32 Å². The summed E-state index contributed by atoms with van der Waals surface area (Å²) in [7, 11) is 2.04. The van der Waals surface area contributed by atoms with Crippen molar-refractivity contribution >= 4 is 29.3 Å². The van der Waals surface area contributed by atoms with Gasteiger partial charge in [0.05, 0.1) is 11.1 Å². The van der Waals surface area contributed by atoms with Gasteiger partial charge < -0.3 is 15.1 Å². The Labute approximate surface area is 199 Å². The van der Waals surface area contributed by atoms with Crippen molar-refractivity contribution in [2.24, 2.45) is 5.92 Å². The number of carbonyl (C=O) groups is 4. The number of nitrogens with zero attached hydrogens (tertiary/aromatic N) is 3. The molecule has 8 nitrogen and oxygen atoms in total. The molecule has 8 heteroatoms. The first-order valence-electron chi connectivity index (χ1n) is 11.6. The third-order valence-corrected chi connectivity index (χ3v) is 6.32. The van der Waals surface area contributed by atoms with E-state index in [0.717, 1.165) is 18.0 Å². The lowest BCUT2D eigenvalue weighted by atomic mass is 10.0. The first kappa shape index (κ1) is 23.6. The molecule has 0 saturated carbocycles. The van der Waals surface area contributed by atoms with Crippen LogP contribution in [0.5, 0.6) is 0 Å². The molecule has 1 atom stereocenters. The van der Waals surface area contributed by atoms with Crippen LogP contribution in [0.2, 0.25) is 0 Å². The molecule has 34 heavy (non-hydrogen) atoms. The topological polar surface area (TPSA) is 90.0 Å². The first-order chi connectivity index (χ1) is 16.3. The van der Waals surface area contributed by atoms with E-state index in [-0.39, 0.29) is 11.8 Å². The van der Waals surface area contributed by atoms with E-state index in [1.165, 1.54) is 0 Å². The van der Waals surface area contributed by atoms with E-state index in [2.05, 4.69) is 10.2 Å². The molecular weight excluding hydrogens is 432 g/mol. The second-order valence-corrected chi connectivity index (χ2v) is 9.33. The second kappa shape index (κ2) is 9.77. The quantitative estimate of drug-likeness (QED) is 0.667. The third-order valence-electron chi connectivity index (χ3n) is 6.32. The van der Waals surface area contributed by atoms with Gasteiger partial charge in [-0.2, -0.15) is 0 Å². The summed E-state index contributed by atoms with van der Waals surface area (Å²) in [5.74, 6) is -1.27. The smallest absolute Gasteiger partial charge is 0.262 e. The Morgan fingerprint density at radius 3 is 1.97 bits per heavy atom. The second-order valence-electron chi connectivity index (χ2n) is 9.33. The number of hydrogen-bond donors (Lipinski definition) is 1. The van der Waals surface area contributed by atoms with Crippen LogP contribution in [0.3, 0.4) is 0 Å². The number of likely N-dealkylation sites (N-methyl/N-ethyl adjacent to an activating group) is 1. The van der Waals surface area contributed by atoms with Crippen molar-refractivity contribution in [1.29, 1.82) is 0 Å². The van der Waals surface area contributed by atoms with Crippen molar-refractivity contribution < 1.29 is 19.2 Å². The fourth-order valence-electron chi connectivity index (χ4n) is 4.38. The summed E-state index contributed by atoms with van der Waals surface area (Å²) in [6.07, 6.45) is 0.345. The zero-order valence-electron chi connectivity index (χ0n) is 19.8. The van der Waals surface area contributed by atoms with E-state index in [4.69, 9.17) is 0 Å². The minimum absolute atomic E-state index is 0.0327. The van der Waals surface area contributed by atoms with Crippen LogP contribution in [-0.4, -0.2) is 77.6 Å². The number of fused-ring (bicyclic) bond motifs is 1. The van der Waals surface area contributed by atoms with Gasteiger partial charge in [-0.05, 0) is 55.8 Å². The molecule has 0 aliphatic carbocycles. The van der Waals surface area contributed by atoms with Crippen LogP contribution in [0.1, 0.15) is 51.3 Å². The lowest BCUT2D eigenvalue weighted by Gasteiger charge is -2.32. The number of anilines is 1. The number of benzene rings is 2. The number of hydrogen-bond acceptors (Lipinski definition) is 5. The summed E-state index contributed by atoms with van der Waals surface area (Å²) in [6, 6.07) is 12.4. The van der Waals surface area contributed by atoms with Crippen molar-refractivity contribution in [3.8, 4) is 0 Å². The van der Waals surface area contributed by atoms with Gasteiger partial charge in [0.15, 0.2) is 0 Å². The zero-order valence-corrected chi connectivity index (χ0v) is 19.8. The van der Waals surface area contributed by atoms with E-state index < -0.39 is 23.8 Å². The fraction of sp³-hybridized carbons (Fsp3) is 0.385. The maximum absolute atomic E-state index is 13.2. The van der Waals surface area contributed by atoms with E-state index in [9.17, 15) is 19.2 Å². The summed E-state index contributed by atoms with van der Waals surface area (Å²) in [5.41, 5.74) is 1.70. The SMILES string of the molecule is CC(C)CC(C(=O)Nc1ccc(C(=O)N2CCN(C)CC2)cc1)N1C(=O)c2ccccc2C1=O. The Morgan fingerprint density at radius 1 is 0.882 bits per heavy atom.